The molecule has 3 aliphatic rings. The molecule has 0 spiro atoms. The van der Waals surface area contributed by atoms with Gasteiger partial charge in [0.2, 0.25) is 0 Å². The van der Waals surface area contributed by atoms with Crippen LogP contribution in [0.4, 0.5) is 51.2 Å². The van der Waals surface area contributed by atoms with Crippen LogP contribution in [0.25, 0.3) is 100 Å². The molecule has 21 rings (SSSR count). The largest absolute Gasteiger partial charge is 0.310 e. The van der Waals surface area contributed by atoms with Crippen LogP contribution in [0.15, 0.2) is 455 Å². The zero-order chi connectivity index (χ0) is 88.8. The minimum Gasteiger partial charge on any atom is -0.310 e. The highest BCUT2D eigenvalue weighted by Gasteiger charge is 2.50. The van der Waals surface area contributed by atoms with Gasteiger partial charge in [0, 0.05) is 61.9 Å². The molecule has 0 radical (unpaired) electrons. The first-order valence-electron chi connectivity index (χ1n) is 45.6. The lowest BCUT2D eigenvalue weighted by atomic mass is 9.54. The molecular weight excluding hydrogens is 1560 g/mol. The lowest BCUT2D eigenvalue weighted by Gasteiger charge is -2.49. The Morgan fingerprint density at radius 3 is 0.698 bits per heavy atom. The monoisotopic (exact) mass is 1670 g/mol. The molecule has 0 aromatic heterocycles. The van der Waals surface area contributed by atoms with Gasteiger partial charge in [-0.15, -0.1) is 0 Å². The van der Waals surface area contributed by atoms with Crippen LogP contribution in [0.1, 0.15) is 116 Å². The van der Waals surface area contributed by atoms with Gasteiger partial charge in [0.1, 0.15) is 0 Å². The first-order valence-corrected chi connectivity index (χ1v) is 45.6. The van der Waals surface area contributed by atoms with Gasteiger partial charge in [0.15, 0.2) is 0 Å². The van der Waals surface area contributed by atoms with Crippen molar-refractivity contribution in [3.05, 3.63) is 488 Å². The Kier molecular flexibility index (Phi) is 22.3. The fourth-order valence-electron chi connectivity index (χ4n) is 20.5. The van der Waals surface area contributed by atoms with Crippen molar-refractivity contribution in [2.45, 2.75) is 116 Å². The zero-order valence-corrected chi connectivity index (χ0v) is 76.1. The molecule has 129 heavy (non-hydrogen) atoms. The molecule has 0 bridgehead atoms. The Morgan fingerprint density at radius 2 is 0.349 bits per heavy atom. The van der Waals surface area contributed by atoms with E-state index < -0.39 is 0 Å². The zero-order valence-electron chi connectivity index (χ0n) is 76.1. The van der Waals surface area contributed by atoms with Gasteiger partial charge in [-0.2, -0.15) is 0 Å². The van der Waals surface area contributed by atoms with E-state index in [1.165, 1.54) is 134 Å². The maximum atomic E-state index is 2.43. The molecule has 3 aliphatic carbocycles. The number of para-hydroxylation sites is 6. The third kappa shape index (κ3) is 15.3. The molecule has 0 aliphatic heterocycles. The Labute approximate surface area is 764 Å². The average Bonchev–Trinajstić information content (AvgIpc) is 0.704. The highest BCUT2D eigenvalue weighted by molar-refractivity contribution is 5.94. The van der Waals surface area contributed by atoms with Gasteiger partial charge in [0.05, 0.1) is 5.69 Å². The molecule has 0 saturated heterocycles. The topological polar surface area (TPSA) is 9.72 Å². The minimum atomic E-state index is -0.0778. The lowest BCUT2D eigenvalue weighted by molar-refractivity contribution is 0.299. The Bertz CT molecular complexity index is 6990. The fraction of sp³-hybridized carbons (Fsp3) is 0.143. The SMILES string of the molecule is CC1(C)c2ccc(-c3cccc(N(c4ccccc4)c4ccccc4)c3)cc2-c2cccc(-c3ccccc3)c2C1(C)C.CC1(C)c2ccc(-c3cccc(N(c4ccccc4)c4ccccc4-c4ccccc4)c3)cc2-c2cccc(-c3ccccc3)c2C1(C)C.CC1(C)c2ccccc2-c2cc(-c3cccc(N(c4ccccc4)c4ccccc4)c3)ccc2C1(C)C. The summed E-state index contributed by atoms with van der Waals surface area (Å²) >= 11 is 0. The van der Waals surface area contributed by atoms with E-state index in [0.29, 0.717) is 0 Å². The number of hydrogen-bond acceptors (Lipinski definition) is 3. The summed E-state index contributed by atoms with van der Waals surface area (Å²) in [5.74, 6) is 0. The van der Waals surface area contributed by atoms with Crippen molar-refractivity contribution in [2.75, 3.05) is 14.7 Å². The molecule has 0 unspecified atom stereocenters. The molecular formula is C126H111N3. The smallest absolute Gasteiger partial charge is 0.0540 e. The van der Waals surface area contributed by atoms with Crippen LogP contribution in [-0.2, 0) is 32.5 Å². The maximum Gasteiger partial charge on any atom is 0.0540 e. The summed E-state index contributed by atoms with van der Waals surface area (Å²) in [5, 5.41) is 0. The lowest BCUT2D eigenvalue weighted by Crippen LogP contribution is -2.44. The predicted octanol–water partition coefficient (Wildman–Crippen LogP) is 35.2. The van der Waals surface area contributed by atoms with E-state index in [2.05, 4.69) is 553 Å². The first kappa shape index (κ1) is 83.9. The van der Waals surface area contributed by atoms with E-state index in [-0.39, 0.29) is 32.5 Å². The highest BCUT2D eigenvalue weighted by Crippen LogP contribution is 2.60. The quantitative estimate of drug-likeness (QED) is 0.101. The number of hydrogen-bond donors (Lipinski definition) is 0. The van der Waals surface area contributed by atoms with Gasteiger partial charge in [-0.25, -0.2) is 0 Å². The molecule has 0 amide bonds. The second-order valence-electron chi connectivity index (χ2n) is 38.0. The average molecular weight is 1670 g/mol. The summed E-state index contributed by atoms with van der Waals surface area (Å²) in [4.78, 5) is 7.04. The minimum absolute atomic E-state index is 0.0223. The second-order valence-corrected chi connectivity index (χ2v) is 38.0. The number of nitrogens with zero attached hydrogens (tertiary/aromatic N) is 3. The molecule has 18 aromatic carbocycles. The van der Waals surface area contributed by atoms with Crippen molar-refractivity contribution in [3.63, 3.8) is 0 Å². The van der Waals surface area contributed by atoms with Gasteiger partial charge in [-0.05, 0) is 271 Å². The summed E-state index contributed by atoms with van der Waals surface area (Å²) in [7, 11) is 0. The molecule has 0 atom stereocenters. The van der Waals surface area contributed by atoms with Gasteiger partial charge < -0.3 is 14.7 Å². The van der Waals surface area contributed by atoms with Crippen molar-refractivity contribution >= 4 is 51.2 Å². The van der Waals surface area contributed by atoms with Crippen molar-refractivity contribution in [1.29, 1.82) is 0 Å². The summed E-state index contributed by atoms with van der Waals surface area (Å²) in [6.07, 6.45) is 0. The Hall–Kier alpha value is -14.6. The predicted molar refractivity (Wildman–Crippen MR) is 550 cm³/mol. The van der Waals surface area contributed by atoms with E-state index in [0.717, 1.165) is 51.2 Å². The van der Waals surface area contributed by atoms with E-state index in [9.17, 15) is 0 Å². The normalized spacial score (nSPS) is 14.4. The molecule has 18 aromatic rings. The van der Waals surface area contributed by atoms with E-state index >= 15 is 0 Å². The Morgan fingerprint density at radius 1 is 0.132 bits per heavy atom. The van der Waals surface area contributed by atoms with Gasteiger partial charge in [-0.3, -0.25) is 0 Å². The third-order valence-electron chi connectivity index (χ3n) is 29.4. The fourth-order valence-corrected chi connectivity index (χ4v) is 20.5. The van der Waals surface area contributed by atoms with Crippen molar-refractivity contribution in [3.8, 4) is 100 Å². The van der Waals surface area contributed by atoms with Gasteiger partial charge in [0.25, 0.3) is 0 Å². The molecule has 0 heterocycles. The first-order chi connectivity index (χ1) is 62.6. The molecule has 630 valence electrons. The van der Waals surface area contributed by atoms with E-state index in [1.54, 1.807) is 0 Å². The van der Waals surface area contributed by atoms with Crippen LogP contribution < -0.4 is 14.7 Å². The third-order valence-corrected chi connectivity index (χ3v) is 29.4. The molecule has 0 fully saturated rings. The van der Waals surface area contributed by atoms with Crippen LogP contribution in [-0.4, -0.2) is 0 Å². The summed E-state index contributed by atoms with van der Waals surface area (Å²) in [5.41, 5.74) is 41.5. The van der Waals surface area contributed by atoms with Crippen LogP contribution in [0.5, 0.6) is 0 Å². The molecule has 3 nitrogen and oxygen atoms in total. The number of fused-ring (bicyclic) bond motifs is 9. The van der Waals surface area contributed by atoms with Gasteiger partial charge in [-0.1, -0.05) is 417 Å². The maximum absolute atomic E-state index is 2.43. The van der Waals surface area contributed by atoms with Crippen LogP contribution in [0.2, 0.25) is 0 Å². The van der Waals surface area contributed by atoms with E-state index in [1.807, 2.05) is 0 Å². The number of anilines is 9. The van der Waals surface area contributed by atoms with E-state index in [4.69, 9.17) is 0 Å². The highest BCUT2D eigenvalue weighted by atomic mass is 15.2. The van der Waals surface area contributed by atoms with Crippen LogP contribution in [0.3, 0.4) is 0 Å². The van der Waals surface area contributed by atoms with Crippen molar-refractivity contribution < 1.29 is 0 Å². The standard InChI is InChI=1S/C48H41N.C42H37N.C36H33N/c1-47(2)44-31-30-37(33-43(44)42-28-17-27-41(46(42)48(47,3)4)35-20-10-6-11-21-35)36-22-16-25-39(32-36)49(38-23-12-7-13-24-38)45-29-15-14-26-40(45)34-18-8-5-9-19-34;1-41(2)39-27-26-32(29-38(39)37-25-15-24-36(40(37)42(41,3)4)30-16-8-5-9-17-30)31-18-14-23-35(28-31)43(33-19-10-6-11-20-33)34-21-12-7-13-22-34;1-35(2)33-21-12-11-20-31(33)32-25-27(22-23-34(32)36(35,3)4)26-14-13-19-30(24-26)37(28-15-7-5-8-16-28)29-17-9-6-10-18-29/h5-33H,1-4H3;5-29H,1-4H3;5-25H,1-4H3. The molecule has 0 saturated carbocycles. The number of rotatable bonds is 15. The summed E-state index contributed by atoms with van der Waals surface area (Å²) < 4.78 is 0. The van der Waals surface area contributed by atoms with Gasteiger partial charge >= 0.3 is 0 Å². The second kappa shape index (κ2) is 34.3. The summed E-state index contributed by atoms with van der Waals surface area (Å²) in [6.45, 7) is 28.9. The molecule has 0 N–H and O–H groups in total. The Balaban J connectivity index is 0.000000127. The number of benzene rings is 18. The van der Waals surface area contributed by atoms with Crippen molar-refractivity contribution in [2.24, 2.45) is 0 Å². The van der Waals surface area contributed by atoms with Crippen LogP contribution in [0, 0.1) is 0 Å². The molecule has 3 heteroatoms. The van der Waals surface area contributed by atoms with Crippen LogP contribution >= 0.6 is 0 Å². The van der Waals surface area contributed by atoms with Crippen molar-refractivity contribution in [1.82, 2.24) is 0 Å². The summed E-state index contributed by atoms with van der Waals surface area (Å²) in [6, 6.07) is 165.